The summed E-state index contributed by atoms with van der Waals surface area (Å²) in [5.74, 6) is -1.03. The fourth-order valence-corrected chi connectivity index (χ4v) is 2.66. The van der Waals surface area contributed by atoms with Gasteiger partial charge in [0, 0.05) is 6.04 Å². The van der Waals surface area contributed by atoms with Crippen LogP contribution in [0.15, 0.2) is 0 Å². The molecule has 0 bridgehead atoms. The molecule has 6 heteroatoms. The maximum absolute atomic E-state index is 12.4. The molecule has 1 unspecified atom stereocenters. The Hall–Kier alpha value is -0.780. The van der Waals surface area contributed by atoms with E-state index in [1.54, 1.807) is 6.92 Å². The van der Waals surface area contributed by atoms with Crippen molar-refractivity contribution < 1.29 is 23.1 Å². The van der Waals surface area contributed by atoms with Crippen LogP contribution in [-0.4, -0.2) is 41.3 Å². The average molecular weight is 267 g/mol. The van der Waals surface area contributed by atoms with Crippen LogP contribution in [0.5, 0.6) is 0 Å². The van der Waals surface area contributed by atoms with Crippen LogP contribution >= 0.6 is 0 Å². The largest absolute Gasteiger partial charge is 0.480 e. The predicted octanol–water partition coefficient (Wildman–Crippen LogP) is 2.90. The van der Waals surface area contributed by atoms with Crippen LogP contribution < -0.4 is 0 Å². The van der Waals surface area contributed by atoms with E-state index in [-0.39, 0.29) is 12.0 Å². The van der Waals surface area contributed by atoms with Crippen LogP contribution in [0.25, 0.3) is 0 Å². The molecule has 1 rings (SSSR count). The minimum absolute atomic E-state index is 0.181. The van der Waals surface area contributed by atoms with Gasteiger partial charge in [-0.15, -0.1) is 0 Å². The van der Waals surface area contributed by atoms with Gasteiger partial charge in [0.15, 0.2) is 0 Å². The van der Waals surface area contributed by atoms with Crippen LogP contribution in [0.4, 0.5) is 13.2 Å². The zero-order valence-electron chi connectivity index (χ0n) is 10.5. The summed E-state index contributed by atoms with van der Waals surface area (Å²) in [6.07, 6.45) is 0.633. The Labute approximate surface area is 105 Å². The number of aliphatic carboxylic acids is 1. The number of hydrogen-bond acceptors (Lipinski definition) is 2. The van der Waals surface area contributed by atoms with Gasteiger partial charge in [0.1, 0.15) is 0 Å². The Morgan fingerprint density at radius 1 is 1.33 bits per heavy atom. The number of carboxylic acids is 1. The van der Waals surface area contributed by atoms with Gasteiger partial charge in [-0.2, -0.15) is 13.2 Å². The third-order valence-corrected chi connectivity index (χ3v) is 3.63. The first-order valence-electron chi connectivity index (χ1n) is 6.32. The van der Waals surface area contributed by atoms with Crippen LogP contribution in [0, 0.1) is 5.92 Å². The highest BCUT2D eigenvalue weighted by molar-refractivity contribution is 5.69. The molecule has 106 valence electrons. The Bertz CT molecular complexity index is 275. The predicted molar refractivity (Wildman–Crippen MR) is 61.3 cm³/mol. The van der Waals surface area contributed by atoms with Crippen molar-refractivity contribution in [3.63, 3.8) is 0 Å². The Morgan fingerprint density at radius 2 is 1.89 bits per heavy atom. The molecule has 0 radical (unpaired) electrons. The molecule has 0 aromatic carbocycles. The summed E-state index contributed by atoms with van der Waals surface area (Å²) in [5, 5.41) is 8.72. The molecule has 1 atom stereocenters. The first-order valence-corrected chi connectivity index (χ1v) is 6.32. The third kappa shape index (κ3) is 5.25. The summed E-state index contributed by atoms with van der Waals surface area (Å²) in [6.45, 7) is 0.0266. The Kier molecular flexibility index (Phi) is 5.44. The molecule has 0 spiro atoms. The van der Waals surface area contributed by atoms with Crippen molar-refractivity contribution >= 4 is 5.97 Å². The number of carbonyl (C=O) groups is 1. The molecule has 0 aliphatic heterocycles. The van der Waals surface area contributed by atoms with Crippen LogP contribution in [0.1, 0.15) is 39.0 Å². The lowest BCUT2D eigenvalue weighted by Gasteiger charge is -2.36. The van der Waals surface area contributed by atoms with Gasteiger partial charge in [0.25, 0.3) is 0 Å². The minimum Gasteiger partial charge on any atom is -0.480 e. The lowest BCUT2D eigenvalue weighted by molar-refractivity contribution is -0.160. The van der Waals surface area contributed by atoms with Crippen molar-refractivity contribution in [1.82, 2.24) is 4.90 Å². The van der Waals surface area contributed by atoms with Crippen molar-refractivity contribution in [2.75, 3.05) is 13.1 Å². The summed E-state index contributed by atoms with van der Waals surface area (Å²) in [4.78, 5) is 11.7. The normalized spacial score (nSPS) is 20.1. The molecule has 1 fully saturated rings. The molecule has 1 N–H and O–H groups in total. The zero-order chi connectivity index (χ0) is 13.8. The molecule has 18 heavy (non-hydrogen) atoms. The second-order valence-electron chi connectivity index (χ2n) is 5.05. The van der Waals surface area contributed by atoms with E-state index >= 15 is 0 Å². The zero-order valence-corrected chi connectivity index (χ0v) is 10.5. The highest BCUT2D eigenvalue weighted by atomic mass is 19.4. The van der Waals surface area contributed by atoms with Crippen molar-refractivity contribution in [1.29, 1.82) is 0 Å². The Balaban J connectivity index is 2.64. The standard InChI is InChI=1S/C12H20F3NO2/c1-9(10-5-3-2-4-6-10)16(7-11(17)18)8-12(13,14)15/h9-10H,2-8H2,1H3,(H,17,18). The van der Waals surface area contributed by atoms with Crippen molar-refractivity contribution in [3.8, 4) is 0 Å². The highest BCUT2D eigenvalue weighted by Gasteiger charge is 2.36. The molecule has 3 nitrogen and oxygen atoms in total. The van der Waals surface area contributed by atoms with E-state index in [0.717, 1.165) is 37.0 Å². The van der Waals surface area contributed by atoms with Gasteiger partial charge >= 0.3 is 12.1 Å². The van der Waals surface area contributed by atoms with E-state index in [2.05, 4.69) is 0 Å². The molecule has 1 aliphatic carbocycles. The lowest BCUT2D eigenvalue weighted by Crippen LogP contribution is -2.46. The summed E-state index contributed by atoms with van der Waals surface area (Å²) >= 11 is 0. The van der Waals surface area contributed by atoms with Gasteiger partial charge in [-0.05, 0) is 25.7 Å². The van der Waals surface area contributed by atoms with Gasteiger partial charge in [0.05, 0.1) is 13.1 Å². The smallest absolute Gasteiger partial charge is 0.401 e. The minimum atomic E-state index is -4.35. The number of alkyl halides is 3. The van der Waals surface area contributed by atoms with E-state index in [9.17, 15) is 18.0 Å². The molecular formula is C12H20F3NO2. The van der Waals surface area contributed by atoms with E-state index in [0.29, 0.717) is 0 Å². The summed E-state index contributed by atoms with van der Waals surface area (Å²) in [6, 6.07) is -0.331. The molecule has 0 amide bonds. The maximum Gasteiger partial charge on any atom is 0.401 e. The van der Waals surface area contributed by atoms with Gasteiger partial charge in [-0.25, -0.2) is 0 Å². The van der Waals surface area contributed by atoms with Gasteiger partial charge in [-0.1, -0.05) is 19.3 Å². The fraction of sp³-hybridized carbons (Fsp3) is 0.917. The quantitative estimate of drug-likeness (QED) is 0.832. The van der Waals surface area contributed by atoms with Crippen molar-refractivity contribution in [2.24, 2.45) is 5.92 Å². The van der Waals surface area contributed by atoms with Gasteiger partial charge in [0.2, 0.25) is 0 Å². The van der Waals surface area contributed by atoms with Gasteiger partial charge < -0.3 is 5.11 Å². The number of hydrogen-bond donors (Lipinski definition) is 1. The molecular weight excluding hydrogens is 247 g/mol. The van der Waals surface area contributed by atoms with E-state index in [1.807, 2.05) is 0 Å². The average Bonchev–Trinajstić information content (AvgIpc) is 2.26. The molecule has 1 saturated carbocycles. The molecule has 0 aromatic heterocycles. The number of rotatable bonds is 5. The monoisotopic (exact) mass is 267 g/mol. The second-order valence-corrected chi connectivity index (χ2v) is 5.05. The van der Waals surface area contributed by atoms with E-state index in [4.69, 9.17) is 5.11 Å². The lowest BCUT2D eigenvalue weighted by atomic mass is 9.84. The summed E-state index contributed by atoms with van der Waals surface area (Å²) in [5.41, 5.74) is 0. The number of carboxylic acid groups (broad SMARTS) is 1. The first kappa shape index (κ1) is 15.3. The first-order chi connectivity index (χ1) is 8.29. The van der Waals surface area contributed by atoms with Crippen LogP contribution in [0.3, 0.4) is 0 Å². The highest BCUT2D eigenvalue weighted by Crippen LogP contribution is 2.30. The third-order valence-electron chi connectivity index (χ3n) is 3.63. The Morgan fingerprint density at radius 3 is 2.33 bits per heavy atom. The molecule has 0 heterocycles. The van der Waals surface area contributed by atoms with Crippen LogP contribution in [-0.2, 0) is 4.79 Å². The van der Waals surface area contributed by atoms with Crippen molar-refractivity contribution in [2.45, 2.75) is 51.2 Å². The molecule has 0 saturated heterocycles. The number of nitrogens with zero attached hydrogens (tertiary/aromatic N) is 1. The topological polar surface area (TPSA) is 40.5 Å². The maximum atomic E-state index is 12.4. The molecule has 0 aromatic rings. The summed E-state index contributed by atoms with van der Waals surface area (Å²) in [7, 11) is 0. The number of halogens is 3. The van der Waals surface area contributed by atoms with Crippen LogP contribution in [0.2, 0.25) is 0 Å². The van der Waals surface area contributed by atoms with Crippen molar-refractivity contribution in [3.05, 3.63) is 0 Å². The molecule has 1 aliphatic rings. The van der Waals surface area contributed by atoms with E-state index < -0.39 is 25.2 Å². The fourth-order valence-electron chi connectivity index (χ4n) is 2.66. The SMILES string of the molecule is CC(C1CCCCC1)N(CC(=O)O)CC(F)(F)F. The van der Waals surface area contributed by atoms with E-state index in [1.165, 1.54) is 0 Å². The second kappa shape index (κ2) is 6.41. The van der Waals surface area contributed by atoms with Gasteiger partial charge in [-0.3, -0.25) is 9.69 Å². The summed E-state index contributed by atoms with van der Waals surface area (Å²) < 4.78 is 37.3.